The van der Waals surface area contributed by atoms with Gasteiger partial charge in [0.05, 0.1) is 17.5 Å². The second-order valence-corrected chi connectivity index (χ2v) is 9.86. The summed E-state index contributed by atoms with van der Waals surface area (Å²) < 4.78 is 26.2. The van der Waals surface area contributed by atoms with Crippen molar-refractivity contribution in [2.75, 3.05) is 37.7 Å². The van der Waals surface area contributed by atoms with Crippen LogP contribution in [-0.4, -0.2) is 61.5 Å². The highest BCUT2D eigenvalue weighted by molar-refractivity contribution is 7.89. The van der Waals surface area contributed by atoms with E-state index in [2.05, 4.69) is 10.3 Å². The van der Waals surface area contributed by atoms with Crippen molar-refractivity contribution in [2.45, 2.75) is 32.9 Å². The van der Waals surface area contributed by atoms with Gasteiger partial charge in [0, 0.05) is 37.4 Å². The van der Waals surface area contributed by atoms with Crippen molar-refractivity contribution in [1.29, 1.82) is 0 Å². The minimum atomic E-state index is -3.23. The number of sulfonamides is 1. The predicted molar refractivity (Wildman–Crippen MR) is 107 cm³/mol. The summed E-state index contributed by atoms with van der Waals surface area (Å²) in [6.07, 6.45) is 0. The number of aryl methyl sites for hydroxylation is 1. The van der Waals surface area contributed by atoms with Gasteiger partial charge in [-0.05, 0) is 45.4 Å². The number of hydrazine groups is 1. The summed E-state index contributed by atoms with van der Waals surface area (Å²) in [6.45, 7) is 9.89. The van der Waals surface area contributed by atoms with Crippen LogP contribution in [0.15, 0.2) is 35.5 Å². The lowest BCUT2D eigenvalue weighted by Gasteiger charge is -2.40. The maximum Gasteiger partial charge on any atom is 0.270 e. The molecule has 0 aromatic heterocycles. The molecule has 0 saturated carbocycles. The fourth-order valence-electron chi connectivity index (χ4n) is 3.48. The standard InChI is InChI=1S/C19H28N4O3S/c1-14(2)27(25,26)22-10-8-21(9-11-22)18-13-20-23(19(24)16(18)4)17-7-5-6-15(3)12-17/h5-7,12,14,20H,8-11,13H2,1-4H3. The van der Waals surface area contributed by atoms with Gasteiger partial charge in [-0.25, -0.2) is 18.9 Å². The normalized spacial score (nSPS) is 20.0. The zero-order valence-electron chi connectivity index (χ0n) is 16.4. The van der Waals surface area contributed by atoms with Gasteiger partial charge in [-0.2, -0.15) is 4.31 Å². The SMILES string of the molecule is CC1=C(N2CCN(S(=O)(=O)C(C)C)CC2)CNN(c2cccc(C)c2)C1=O. The highest BCUT2D eigenvalue weighted by Gasteiger charge is 2.33. The lowest BCUT2D eigenvalue weighted by Crippen LogP contribution is -2.55. The number of nitrogens with zero attached hydrogens (tertiary/aromatic N) is 3. The van der Waals surface area contributed by atoms with E-state index in [1.165, 1.54) is 0 Å². The fraction of sp³-hybridized carbons (Fsp3) is 0.526. The molecular formula is C19H28N4O3S. The van der Waals surface area contributed by atoms with E-state index in [9.17, 15) is 13.2 Å². The smallest absolute Gasteiger partial charge is 0.270 e. The number of benzene rings is 1. The van der Waals surface area contributed by atoms with Crippen molar-refractivity contribution in [3.8, 4) is 0 Å². The minimum absolute atomic E-state index is 0.0703. The van der Waals surface area contributed by atoms with Gasteiger partial charge >= 0.3 is 0 Å². The zero-order valence-corrected chi connectivity index (χ0v) is 17.2. The molecule has 0 bridgehead atoms. The van der Waals surface area contributed by atoms with Crippen molar-refractivity contribution >= 4 is 21.6 Å². The average molecular weight is 393 g/mol. The van der Waals surface area contributed by atoms with Crippen LogP contribution < -0.4 is 10.4 Å². The van der Waals surface area contributed by atoms with Crippen molar-refractivity contribution in [3.05, 3.63) is 41.1 Å². The summed E-state index contributed by atoms with van der Waals surface area (Å²) in [4.78, 5) is 15.0. The lowest BCUT2D eigenvalue weighted by molar-refractivity contribution is -0.116. The van der Waals surface area contributed by atoms with Gasteiger partial charge in [0.25, 0.3) is 5.91 Å². The maximum absolute atomic E-state index is 12.9. The Morgan fingerprint density at radius 1 is 1.07 bits per heavy atom. The second kappa shape index (κ2) is 7.61. The van der Waals surface area contributed by atoms with Crippen LogP contribution in [0.2, 0.25) is 0 Å². The van der Waals surface area contributed by atoms with Crippen LogP contribution in [0.3, 0.4) is 0 Å². The van der Waals surface area contributed by atoms with Crippen LogP contribution in [0.25, 0.3) is 0 Å². The molecule has 1 saturated heterocycles. The molecule has 3 rings (SSSR count). The molecule has 0 atom stereocenters. The molecule has 0 aliphatic carbocycles. The van der Waals surface area contributed by atoms with E-state index in [1.807, 2.05) is 38.1 Å². The van der Waals surface area contributed by atoms with Gasteiger partial charge in [0.1, 0.15) is 0 Å². The van der Waals surface area contributed by atoms with E-state index in [1.54, 1.807) is 23.2 Å². The van der Waals surface area contributed by atoms with Crippen LogP contribution in [0.4, 0.5) is 5.69 Å². The molecule has 1 fully saturated rings. The molecule has 27 heavy (non-hydrogen) atoms. The molecular weight excluding hydrogens is 364 g/mol. The third-order valence-corrected chi connectivity index (χ3v) is 7.47. The van der Waals surface area contributed by atoms with Crippen LogP contribution in [-0.2, 0) is 14.8 Å². The van der Waals surface area contributed by atoms with Crippen LogP contribution >= 0.6 is 0 Å². The molecule has 2 aliphatic rings. The topological polar surface area (TPSA) is 73.0 Å². The molecule has 0 radical (unpaired) electrons. The van der Waals surface area contributed by atoms with Gasteiger partial charge in [-0.15, -0.1) is 0 Å². The number of rotatable bonds is 4. The summed E-state index contributed by atoms with van der Waals surface area (Å²) in [5.74, 6) is -0.0703. The Bertz CT molecular complexity index is 855. The number of amides is 1. The number of carbonyl (C=O) groups is 1. The van der Waals surface area contributed by atoms with Gasteiger partial charge < -0.3 is 4.90 Å². The highest BCUT2D eigenvalue weighted by atomic mass is 32.2. The van der Waals surface area contributed by atoms with E-state index in [-0.39, 0.29) is 5.91 Å². The molecule has 1 amide bonds. The number of carbonyl (C=O) groups excluding carboxylic acids is 1. The third-order valence-electron chi connectivity index (χ3n) is 5.20. The molecule has 1 N–H and O–H groups in total. The molecule has 2 heterocycles. The van der Waals surface area contributed by atoms with Crippen LogP contribution in [0.1, 0.15) is 26.3 Å². The van der Waals surface area contributed by atoms with Gasteiger partial charge in [-0.3, -0.25) is 4.79 Å². The van der Waals surface area contributed by atoms with Crippen molar-refractivity contribution < 1.29 is 13.2 Å². The summed E-state index contributed by atoms with van der Waals surface area (Å²) in [5.41, 5.74) is 6.78. The second-order valence-electron chi connectivity index (χ2n) is 7.37. The first-order valence-corrected chi connectivity index (χ1v) is 10.8. The lowest BCUT2D eigenvalue weighted by atomic mass is 10.1. The maximum atomic E-state index is 12.9. The zero-order chi connectivity index (χ0) is 19.8. The first-order valence-electron chi connectivity index (χ1n) is 9.30. The molecule has 7 nitrogen and oxygen atoms in total. The third kappa shape index (κ3) is 3.88. The Kier molecular flexibility index (Phi) is 5.60. The van der Waals surface area contributed by atoms with E-state index < -0.39 is 15.3 Å². The van der Waals surface area contributed by atoms with E-state index in [0.29, 0.717) is 38.3 Å². The summed E-state index contributed by atoms with van der Waals surface area (Å²) in [7, 11) is -3.23. The Balaban J connectivity index is 1.73. The van der Waals surface area contributed by atoms with E-state index in [4.69, 9.17) is 0 Å². The van der Waals surface area contributed by atoms with Crippen molar-refractivity contribution in [1.82, 2.24) is 14.6 Å². The van der Waals surface area contributed by atoms with E-state index >= 15 is 0 Å². The van der Waals surface area contributed by atoms with Gasteiger partial charge in [0.15, 0.2) is 0 Å². The number of hydrogen-bond acceptors (Lipinski definition) is 5. The molecule has 2 aliphatic heterocycles. The molecule has 1 aromatic carbocycles. The molecule has 0 unspecified atom stereocenters. The highest BCUT2D eigenvalue weighted by Crippen LogP contribution is 2.24. The Morgan fingerprint density at radius 3 is 2.33 bits per heavy atom. The quantitative estimate of drug-likeness (QED) is 0.840. The van der Waals surface area contributed by atoms with Gasteiger partial charge in [0.2, 0.25) is 10.0 Å². The summed E-state index contributed by atoms with van der Waals surface area (Å²) in [5, 5.41) is 1.18. The number of hydrogen-bond donors (Lipinski definition) is 1. The Hall–Kier alpha value is -1.90. The van der Waals surface area contributed by atoms with Crippen molar-refractivity contribution in [3.63, 3.8) is 0 Å². The molecule has 1 aromatic rings. The number of nitrogens with one attached hydrogen (secondary N) is 1. The summed E-state index contributed by atoms with van der Waals surface area (Å²) >= 11 is 0. The first kappa shape index (κ1) is 19.9. The minimum Gasteiger partial charge on any atom is -0.371 e. The molecule has 148 valence electrons. The van der Waals surface area contributed by atoms with E-state index in [0.717, 1.165) is 16.9 Å². The van der Waals surface area contributed by atoms with Gasteiger partial charge in [-0.1, -0.05) is 12.1 Å². The van der Waals surface area contributed by atoms with Crippen LogP contribution in [0, 0.1) is 6.92 Å². The Labute approximate surface area is 161 Å². The van der Waals surface area contributed by atoms with Crippen molar-refractivity contribution in [2.24, 2.45) is 0 Å². The Morgan fingerprint density at radius 2 is 1.74 bits per heavy atom. The number of piperazine rings is 1. The first-order chi connectivity index (χ1) is 12.7. The monoisotopic (exact) mass is 392 g/mol. The molecule has 0 spiro atoms. The largest absolute Gasteiger partial charge is 0.371 e. The summed E-state index contributed by atoms with van der Waals surface area (Å²) in [6, 6.07) is 7.81. The predicted octanol–water partition coefficient (Wildman–Crippen LogP) is 1.48. The molecule has 8 heteroatoms. The van der Waals surface area contributed by atoms with Crippen LogP contribution in [0.5, 0.6) is 0 Å². The average Bonchev–Trinajstić information content (AvgIpc) is 2.64. The number of anilines is 1. The fourth-order valence-corrected chi connectivity index (χ4v) is 4.75.